The SMILES string of the molecule is CCN(c1ccccc1N)C1CC(C)CC(C)C1. The minimum absolute atomic E-state index is 0.651. The Morgan fingerprint density at radius 2 is 1.72 bits per heavy atom. The van der Waals surface area contributed by atoms with Crippen LogP contribution >= 0.6 is 0 Å². The van der Waals surface area contributed by atoms with Gasteiger partial charge in [0.1, 0.15) is 0 Å². The largest absolute Gasteiger partial charge is 0.397 e. The molecule has 0 heterocycles. The third-order valence-electron chi connectivity index (χ3n) is 4.18. The van der Waals surface area contributed by atoms with Gasteiger partial charge < -0.3 is 10.6 Å². The van der Waals surface area contributed by atoms with Crippen molar-refractivity contribution in [2.45, 2.75) is 46.1 Å². The maximum absolute atomic E-state index is 6.13. The Morgan fingerprint density at radius 1 is 1.11 bits per heavy atom. The second-order valence-electron chi connectivity index (χ2n) is 5.92. The molecule has 2 nitrogen and oxygen atoms in total. The third kappa shape index (κ3) is 2.80. The Kier molecular flexibility index (Phi) is 4.15. The molecule has 1 fully saturated rings. The molecular weight excluding hydrogens is 220 g/mol. The van der Waals surface area contributed by atoms with Crippen LogP contribution in [0.2, 0.25) is 0 Å². The van der Waals surface area contributed by atoms with E-state index in [-0.39, 0.29) is 0 Å². The fourth-order valence-corrected chi connectivity index (χ4v) is 3.53. The van der Waals surface area contributed by atoms with Crippen LogP contribution in [0.15, 0.2) is 24.3 Å². The van der Waals surface area contributed by atoms with Crippen molar-refractivity contribution in [2.24, 2.45) is 11.8 Å². The van der Waals surface area contributed by atoms with E-state index in [0.29, 0.717) is 6.04 Å². The molecule has 1 saturated carbocycles. The van der Waals surface area contributed by atoms with Crippen LogP contribution in [-0.4, -0.2) is 12.6 Å². The van der Waals surface area contributed by atoms with Crippen LogP contribution in [0.5, 0.6) is 0 Å². The average Bonchev–Trinajstić information content (AvgIpc) is 2.31. The lowest BCUT2D eigenvalue weighted by molar-refractivity contribution is 0.261. The Labute approximate surface area is 111 Å². The van der Waals surface area contributed by atoms with Gasteiger partial charge in [-0.25, -0.2) is 0 Å². The summed E-state index contributed by atoms with van der Waals surface area (Å²) in [6, 6.07) is 8.91. The fourth-order valence-electron chi connectivity index (χ4n) is 3.53. The summed E-state index contributed by atoms with van der Waals surface area (Å²) in [6.07, 6.45) is 3.97. The van der Waals surface area contributed by atoms with Crippen LogP contribution in [0, 0.1) is 11.8 Å². The quantitative estimate of drug-likeness (QED) is 0.819. The average molecular weight is 246 g/mol. The van der Waals surface area contributed by atoms with E-state index in [2.05, 4.69) is 37.8 Å². The molecule has 0 radical (unpaired) electrons. The molecule has 0 spiro atoms. The Morgan fingerprint density at radius 3 is 2.28 bits per heavy atom. The standard InChI is InChI=1S/C16H26N2/c1-4-18(16-8-6-5-7-15(16)17)14-10-12(2)9-13(3)11-14/h5-8,12-14H,4,9-11,17H2,1-3H3. The topological polar surface area (TPSA) is 29.3 Å². The molecule has 2 atom stereocenters. The molecule has 1 aliphatic rings. The van der Waals surface area contributed by atoms with Crippen LogP contribution in [-0.2, 0) is 0 Å². The molecule has 0 aromatic heterocycles. The molecule has 1 aromatic carbocycles. The number of nitrogens with zero attached hydrogens (tertiary/aromatic N) is 1. The summed E-state index contributed by atoms with van der Waals surface area (Å²) in [7, 11) is 0. The van der Waals surface area contributed by atoms with Crippen LogP contribution in [0.3, 0.4) is 0 Å². The van der Waals surface area contributed by atoms with Gasteiger partial charge in [-0.05, 0) is 50.2 Å². The summed E-state index contributed by atoms with van der Waals surface area (Å²) in [5.74, 6) is 1.66. The number of benzene rings is 1. The molecule has 0 amide bonds. The first-order chi connectivity index (χ1) is 8.61. The molecule has 100 valence electrons. The van der Waals surface area contributed by atoms with E-state index in [4.69, 9.17) is 5.73 Å². The molecule has 1 aromatic rings. The van der Waals surface area contributed by atoms with Crippen molar-refractivity contribution in [3.63, 3.8) is 0 Å². The summed E-state index contributed by atoms with van der Waals surface area (Å²) < 4.78 is 0. The van der Waals surface area contributed by atoms with E-state index in [1.165, 1.54) is 24.9 Å². The molecule has 0 aliphatic heterocycles. The molecule has 0 saturated heterocycles. The van der Waals surface area contributed by atoms with Crippen molar-refractivity contribution in [1.82, 2.24) is 0 Å². The van der Waals surface area contributed by atoms with Gasteiger partial charge in [0.2, 0.25) is 0 Å². The van der Waals surface area contributed by atoms with E-state index in [9.17, 15) is 0 Å². The van der Waals surface area contributed by atoms with Crippen LogP contribution < -0.4 is 10.6 Å². The zero-order valence-corrected chi connectivity index (χ0v) is 11.9. The molecule has 2 heteroatoms. The van der Waals surface area contributed by atoms with E-state index in [1.54, 1.807) is 0 Å². The summed E-state index contributed by atoms with van der Waals surface area (Å²) in [5, 5.41) is 0. The number of nitrogen functional groups attached to an aromatic ring is 1. The number of anilines is 2. The first-order valence-corrected chi connectivity index (χ1v) is 7.23. The highest BCUT2D eigenvalue weighted by atomic mass is 15.2. The van der Waals surface area contributed by atoms with E-state index in [0.717, 1.165) is 24.1 Å². The Bertz CT molecular complexity index is 378. The van der Waals surface area contributed by atoms with E-state index >= 15 is 0 Å². The maximum atomic E-state index is 6.13. The van der Waals surface area contributed by atoms with Crippen molar-refractivity contribution in [1.29, 1.82) is 0 Å². The number of nitrogens with two attached hydrogens (primary N) is 1. The number of para-hydroxylation sites is 2. The zero-order valence-electron chi connectivity index (χ0n) is 11.9. The molecule has 1 aliphatic carbocycles. The Hall–Kier alpha value is -1.18. The highest BCUT2D eigenvalue weighted by molar-refractivity contribution is 5.67. The van der Waals surface area contributed by atoms with Crippen LogP contribution in [0.1, 0.15) is 40.0 Å². The lowest BCUT2D eigenvalue weighted by atomic mass is 9.79. The molecule has 2 N–H and O–H groups in total. The van der Waals surface area contributed by atoms with Crippen LogP contribution in [0.25, 0.3) is 0 Å². The number of rotatable bonds is 3. The third-order valence-corrected chi connectivity index (χ3v) is 4.18. The van der Waals surface area contributed by atoms with E-state index < -0.39 is 0 Å². The van der Waals surface area contributed by atoms with E-state index in [1.807, 2.05) is 12.1 Å². The van der Waals surface area contributed by atoms with Crippen molar-refractivity contribution in [2.75, 3.05) is 17.2 Å². The highest BCUT2D eigenvalue weighted by Gasteiger charge is 2.28. The second-order valence-corrected chi connectivity index (χ2v) is 5.92. The van der Waals surface area contributed by atoms with Gasteiger partial charge in [-0.2, -0.15) is 0 Å². The molecular formula is C16H26N2. The lowest BCUT2D eigenvalue weighted by Gasteiger charge is -2.40. The Balaban J connectivity index is 2.20. The molecule has 0 bridgehead atoms. The first kappa shape index (κ1) is 13.3. The molecule has 18 heavy (non-hydrogen) atoms. The fraction of sp³-hybridized carbons (Fsp3) is 0.625. The van der Waals surface area contributed by atoms with Gasteiger partial charge in [0.05, 0.1) is 11.4 Å². The van der Waals surface area contributed by atoms with Gasteiger partial charge in [0.25, 0.3) is 0 Å². The monoisotopic (exact) mass is 246 g/mol. The lowest BCUT2D eigenvalue weighted by Crippen LogP contribution is -2.40. The van der Waals surface area contributed by atoms with Crippen molar-refractivity contribution in [3.05, 3.63) is 24.3 Å². The van der Waals surface area contributed by atoms with Gasteiger partial charge in [0.15, 0.2) is 0 Å². The summed E-state index contributed by atoms with van der Waals surface area (Å²) in [4.78, 5) is 2.50. The zero-order chi connectivity index (χ0) is 13.1. The molecule has 2 rings (SSSR count). The smallest absolute Gasteiger partial charge is 0.0602 e. The van der Waals surface area contributed by atoms with Crippen molar-refractivity contribution < 1.29 is 0 Å². The first-order valence-electron chi connectivity index (χ1n) is 7.23. The van der Waals surface area contributed by atoms with Gasteiger partial charge in [-0.1, -0.05) is 26.0 Å². The normalized spacial score (nSPS) is 28.1. The van der Waals surface area contributed by atoms with Crippen molar-refractivity contribution in [3.8, 4) is 0 Å². The molecule has 2 unspecified atom stereocenters. The van der Waals surface area contributed by atoms with Gasteiger partial charge >= 0.3 is 0 Å². The summed E-state index contributed by atoms with van der Waals surface area (Å²) in [5.41, 5.74) is 8.25. The van der Waals surface area contributed by atoms with Gasteiger partial charge in [-0.15, -0.1) is 0 Å². The number of hydrogen-bond acceptors (Lipinski definition) is 2. The highest BCUT2D eigenvalue weighted by Crippen LogP contribution is 2.35. The van der Waals surface area contributed by atoms with Gasteiger partial charge in [-0.3, -0.25) is 0 Å². The second kappa shape index (κ2) is 5.64. The summed E-state index contributed by atoms with van der Waals surface area (Å²) in [6.45, 7) is 8.03. The minimum atomic E-state index is 0.651. The van der Waals surface area contributed by atoms with Gasteiger partial charge in [0, 0.05) is 12.6 Å². The predicted molar refractivity (Wildman–Crippen MR) is 79.8 cm³/mol. The number of hydrogen-bond donors (Lipinski definition) is 1. The maximum Gasteiger partial charge on any atom is 0.0602 e. The minimum Gasteiger partial charge on any atom is -0.397 e. The van der Waals surface area contributed by atoms with Crippen LogP contribution in [0.4, 0.5) is 11.4 Å². The van der Waals surface area contributed by atoms with Crippen molar-refractivity contribution >= 4 is 11.4 Å². The summed E-state index contributed by atoms with van der Waals surface area (Å²) >= 11 is 0. The predicted octanol–water partition coefficient (Wildman–Crippen LogP) is 3.92.